The van der Waals surface area contributed by atoms with Crippen molar-refractivity contribution in [2.75, 3.05) is 36.5 Å². The Labute approximate surface area is 106 Å². The van der Waals surface area contributed by atoms with E-state index in [-0.39, 0.29) is 5.91 Å². The van der Waals surface area contributed by atoms with Crippen molar-refractivity contribution in [3.8, 4) is 0 Å². The summed E-state index contributed by atoms with van der Waals surface area (Å²) in [7, 11) is 0. The number of carbonyl (C=O) groups is 1. The molecule has 17 heavy (non-hydrogen) atoms. The van der Waals surface area contributed by atoms with Gasteiger partial charge in [0.05, 0.1) is 23.9 Å². The molecule has 1 saturated heterocycles. The quantitative estimate of drug-likeness (QED) is 0.879. The molecular weight excluding hydrogens is 240 g/mol. The van der Waals surface area contributed by atoms with E-state index in [0.29, 0.717) is 10.7 Å². The largest absolute Gasteiger partial charge is 0.378 e. The molecule has 0 bridgehead atoms. The van der Waals surface area contributed by atoms with Gasteiger partial charge in [-0.2, -0.15) is 0 Å². The molecule has 1 fully saturated rings. The van der Waals surface area contributed by atoms with Gasteiger partial charge in [-0.3, -0.25) is 4.79 Å². The van der Waals surface area contributed by atoms with E-state index in [1.165, 1.54) is 6.92 Å². The van der Waals surface area contributed by atoms with Crippen molar-refractivity contribution in [1.82, 2.24) is 0 Å². The fraction of sp³-hybridized carbons (Fsp3) is 0.417. The van der Waals surface area contributed by atoms with Gasteiger partial charge < -0.3 is 15.0 Å². The molecule has 4 nitrogen and oxygen atoms in total. The third-order valence-electron chi connectivity index (χ3n) is 2.64. The summed E-state index contributed by atoms with van der Waals surface area (Å²) in [4.78, 5) is 13.3. The molecule has 1 aromatic carbocycles. The van der Waals surface area contributed by atoms with Crippen molar-refractivity contribution in [2.24, 2.45) is 0 Å². The second-order valence-corrected chi connectivity index (χ2v) is 4.35. The average Bonchev–Trinajstić information content (AvgIpc) is 2.32. The molecule has 0 aromatic heterocycles. The third kappa shape index (κ3) is 3.11. The lowest BCUT2D eigenvalue weighted by molar-refractivity contribution is -0.114. The Balaban J connectivity index is 2.20. The highest BCUT2D eigenvalue weighted by Crippen LogP contribution is 2.28. The topological polar surface area (TPSA) is 41.6 Å². The van der Waals surface area contributed by atoms with E-state index >= 15 is 0 Å². The van der Waals surface area contributed by atoms with Gasteiger partial charge in [-0.05, 0) is 18.2 Å². The summed E-state index contributed by atoms with van der Waals surface area (Å²) in [6, 6.07) is 5.66. The number of hydrogen-bond acceptors (Lipinski definition) is 3. The number of halogens is 1. The van der Waals surface area contributed by atoms with Gasteiger partial charge in [0.2, 0.25) is 5.91 Å². The number of rotatable bonds is 2. The SMILES string of the molecule is CC(=O)Nc1cc(N2CCOCC2)ccc1Cl. The maximum absolute atomic E-state index is 11.0. The molecule has 1 aliphatic heterocycles. The van der Waals surface area contributed by atoms with Crippen molar-refractivity contribution in [2.45, 2.75) is 6.92 Å². The molecular formula is C12H15ClN2O2. The molecule has 0 aliphatic carbocycles. The first kappa shape index (κ1) is 12.2. The molecule has 0 saturated carbocycles. The summed E-state index contributed by atoms with van der Waals surface area (Å²) in [6.07, 6.45) is 0. The van der Waals surface area contributed by atoms with Crippen LogP contribution in [0.4, 0.5) is 11.4 Å². The molecule has 1 aromatic rings. The average molecular weight is 255 g/mol. The molecule has 1 amide bonds. The van der Waals surface area contributed by atoms with Crippen molar-refractivity contribution < 1.29 is 9.53 Å². The summed E-state index contributed by atoms with van der Waals surface area (Å²) >= 11 is 6.02. The predicted octanol–water partition coefficient (Wildman–Crippen LogP) is 2.13. The number of hydrogen-bond donors (Lipinski definition) is 1. The van der Waals surface area contributed by atoms with E-state index in [4.69, 9.17) is 16.3 Å². The predicted molar refractivity (Wildman–Crippen MR) is 68.8 cm³/mol. The Morgan fingerprint density at radius 3 is 2.76 bits per heavy atom. The number of nitrogens with one attached hydrogen (secondary N) is 1. The second kappa shape index (κ2) is 5.38. The van der Waals surface area contributed by atoms with Crippen molar-refractivity contribution in [3.05, 3.63) is 23.2 Å². The lowest BCUT2D eigenvalue weighted by atomic mass is 10.2. The Kier molecular flexibility index (Phi) is 3.86. The maximum Gasteiger partial charge on any atom is 0.221 e. The second-order valence-electron chi connectivity index (χ2n) is 3.94. The highest BCUT2D eigenvalue weighted by Gasteiger charge is 2.12. The van der Waals surface area contributed by atoms with Crippen LogP contribution in [0.2, 0.25) is 5.02 Å². The van der Waals surface area contributed by atoms with Crippen LogP contribution < -0.4 is 10.2 Å². The molecule has 1 N–H and O–H groups in total. The monoisotopic (exact) mass is 254 g/mol. The van der Waals surface area contributed by atoms with Crippen LogP contribution in [-0.2, 0) is 9.53 Å². The number of benzene rings is 1. The van der Waals surface area contributed by atoms with Gasteiger partial charge in [0.25, 0.3) is 0 Å². The third-order valence-corrected chi connectivity index (χ3v) is 2.97. The van der Waals surface area contributed by atoms with E-state index in [1.807, 2.05) is 12.1 Å². The Hall–Kier alpha value is -1.26. The van der Waals surface area contributed by atoms with Crippen LogP contribution in [0.3, 0.4) is 0 Å². The molecule has 2 rings (SSSR count). The molecule has 5 heteroatoms. The van der Waals surface area contributed by atoms with E-state index in [1.54, 1.807) is 6.07 Å². The normalized spacial score (nSPS) is 15.8. The standard InChI is InChI=1S/C12H15ClN2O2/c1-9(16)14-12-8-10(2-3-11(12)13)15-4-6-17-7-5-15/h2-3,8H,4-7H2,1H3,(H,14,16). The molecule has 92 valence electrons. The molecule has 0 atom stereocenters. The summed E-state index contributed by atoms with van der Waals surface area (Å²) in [5, 5.41) is 3.28. The van der Waals surface area contributed by atoms with Crippen LogP contribution in [0.15, 0.2) is 18.2 Å². The van der Waals surface area contributed by atoms with Crippen LogP contribution in [-0.4, -0.2) is 32.2 Å². The number of ether oxygens (including phenoxy) is 1. The fourth-order valence-corrected chi connectivity index (χ4v) is 1.98. The van der Waals surface area contributed by atoms with Crippen molar-refractivity contribution in [1.29, 1.82) is 0 Å². The fourth-order valence-electron chi connectivity index (χ4n) is 1.82. The zero-order chi connectivity index (χ0) is 12.3. The smallest absolute Gasteiger partial charge is 0.221 e. The molecule has 0 unspecified atom stereocenters. The molecule has 1 aliphatic rings. The van der Waals surface area contributed by atoms with Gasteiger partial charge in [0, 0.05) is 25.7 Å². The van der Waals surface area contributed by atoms with E-state index in [2.05, 4.69) is 10.2 Å². The highest BCUT2D eigenvalue weighted by molar-refractivity contribution is 6.33. The first-order valence-corrected chi connectivity index (χ1v) is 5.94. The van der Waals surface area contributed by atoms with E-state index in [0.717, 1.165) is 32.0 Å². The lowest BCUT2D eigenvalue weighted by Gasteiger charge is -2.29. The van der Waals surface area contributed by atoms with Gasteiger partial charge in [-0.15, -0.1) is 0 Å². The van der Waals surface area contributed by atoms with E-state index in [9.17, 15) is 4.79 Å². The summed E-state index contributed by atoms with van der Waals surface area (Å²) in [6.45, 7) is 4.66. The van der Waals surface area contributed by atoms with Gasteiger partial charge in [0.15, 0.2) is 0 Å². The summed E-state index contributed by atoms with van der Waals surface area (Å²) < 4.78 is 5.30. The molecule has 0 spiro atoms. The van der Waals surface area contributed by atoms with Crippen LogP contribution in [0.5, 0.6) is 0 Å². The zero-order valence-electron chi connectivity index (χ0n) is 9.70. The van der Waals surface area contributed by atoms with E-state index < -0.39 is 0 Å². The number of anilines is 2. The number of carbonyl (C=O) groups excluding carboxylic acids is 1. The zero-order valence-corrected chi connectivity index (χ0v) is 10.5. The minimum atomic E-state index is -0.119. The Morgan fingerprint density at radius 2 is 2.12 bits per heavy atom. The number of amides is 1. The molecule has 1 heterocycles. The summed E-state index contributed by atoms with van der Waals surface area (Å²) in [5.74, 6) is -0.119. The number of morpholine rings is 1. The van der Waals surface area contributed by atoms with Gasteiger partial charge in [0.1, 0.15) is 0 Å². The minimum Gasteiger partial charge on any atom is -0.378 e. The Bertz CT molecular complexity index is 417. The van der Waals surface area contributed by atoms with Crippen LogP contribution in [0, 0.1) is 0 Å². The van der Waals surface area contributed by atoms with Crippen LogP contribution >= 0.6 is 11.6 Å². The first-order chi connectivity index (χ1) is 8.16. The van der Waals surface area contributed by atoms with Gasteiger partial charge in [-0.1, -0.05) is 11.6 Å². The van der Waals surface area contributed by atoms with Crippen molar-refractivity contribution >= 4 is 28.9 Å². The summed E-state index contributed by atoms with van der Waals surface area (Å²) in [5.41, 5.74) is 1.71. The van der Waals surface area contributed by atoms with Gasteiger partial charge in [-0.25, -0.2) is 0 Å². The minimum absolute atomic E-state index is 0.119. The number of nitrogens with zero attached hydrogens (tertiary/aromatic N) is 1. The van der Waals surface area contributed by atoms with Gasteiger partial charge >= 0.3 is 0 Å². The molecule has 0 radical (unpaired) electrons. The maximum atomic E-state index is 11.0. The Morgan fingerprint density at radius 1 is 1.41 bits per heavy atom. The van der Waals surface area contributed by atoms with Crippen LogP contribution in [0.25, 0.3) is 0 Å². The highest BCUT2D eigenvalue weighted by atomic mass is 35.5. The lowest BCUT2D eigenvalue weighted by Crippen LogP contribution is -2.36. The first-order valence-electron chi connectivity index (χ1n) is 5.56. The van der Waals surface area contributed by atoms with Crippen molar-refractivity contribution in [3.63, 3.8) is 0 Å². The van der Waals surface area contributed by atoms with Crippen LogP contribution in [0.1, 0.15) is 6.92 Å².